The molecule has 1 aromatic rings. The van der Waals surface area contributed by atoms with Gasteiger partial charge < -0.3 is 15.9 Å². The van der Waals surface area contributed by atoms with E-state index in [0.29, 0.717) is 13.0 Å². The first-order valence-electron chi connectivity index (χ1n) is 7.80. The van der Waals surface area contributed by atoms with Crippen LogP contribution in [0.2, 0.25) is 0 Å². The number of hydrogen-bond donors (Lipinski definition) is 3. The van der Waals surface area contributed by atoms with Crippen LogP contribution in [0.25, 0.3) is 0 Å². The third kappa shape index (κ3) is 4.58. The molecule has 1 fully saturated rings. The second kappa shape index (κ2) is 7.21. The monoisotopic (exact) mass is 277 g/mol. The molecule has 0 amide bonds. The maximum atomic E-state index is 10.5. The molecular weight excluding hydrogens is 250 g/mol. The molecule has 0 spiro atoms. The van der Waals surface area contributed by atoms with E-state index in [2.05, 4.69) is 12.1 Å². The third-order valence-corrected chi connectivity index (χ3v) is 4.40. The maximum Gasteiger partial charge on any atom is 0.0702 e. The molecule has 0 bridgehead atoms. The topological polar surface area (TPSA) is 66.5 Å². The van der Waals surface area contributed by atoms with Gasteiger partial charge in [-0.3, -0.25) is 0 Å². The first-order chi connectivity index (χ1) is 9.61. The zero-order valence-electron chi connectivity index (χ0n) is 12.2. The van der Waals surface area contributed by atoms with Gasteiger partial charge in [0.25, 0.3) is 0 Å². The summed E-state index contributed by atoms with van der Waals surface area (Å²) in [5.41, 5.74) is 7.36. The van der Waals surface area contributed by atoms with E-state index in [0.717, 1.165) is 44.1 Å². The molecule has 112 valence electrons. The van der Waals surface area contributed by atoms with Gasteiger partial charge in [0.1, 0.15) is 0 Å². The molecule has 3 nitrogen and oxygen atoms in total. The summed E-state index contributed by atoms with van der Waals surface area (Å²) in [4.78, 5) is 0. The quantitative estimate of drug-likeness (QED) is 0.746. The summed E-state index contributed by atoms with van der Waals surface area (Å²) in [7, 11) is 0. The number of aliphatic hydroxyl groups is 2. The maximum absolute atomic E-state index is 10.5. The van der Waals surface area contributed by atoms with E-state index in [4.69, 9.17) is 5.73 Å². The molecule has 3 heteroatoms. The highest BCUT2D eigenvalue weighted by atomic mass is 16.3. The van der Waals surface area contributed by atoms with E-state index in [-0.39, 0.29) is 0 Å². The first kappa shape index (κ1) is 15.5. The zero-order chi connectivity index (χ0) is 14.4. The van der Waals surface area contributed by atoms with Gasteiger partial charge in [-0.2, -0.15) is 0 Å². The first-order valence-corrected chi connectivity index (χ1v) is 7.80. The fraction of sp³-hybridized carbons (Fsp3) is 0.647. The molecule has 1 saturated carbocycles. The van der Waals surface area contributed by atoms with Gasteiger partial charge in [-0.15, -0.1) is 0 Å². The summed E-state index contributed by atoms with van der Waals surface area (Å²) in [6.07, 6.45) is 7.34. The number of hydrogen-bond acceptors (Lipinski definition) is 3. The van der Waals surface area contributed by atoms with E-state index in [1.54, 1.807) is 0 Å². The van der Waals surface area contributed by atoms with Crippen LogP contribution in [0.4, 0.5) is 0 Å². The lowest BCUT2D eigenvalue weighted by Crippen LogP contribution is -2.31. The Hall–Kier alpha value is -0.900. The Morgan fingerprint density at radius 2 is 1.85 bits per heavy atom. The molecule has 1 aromatic carbocycles. The van der Waals surface area contributed by atoms with Gasteiger partial charge in [0.05, 0.1) is 11.7 Å². The van der Waals surface area contributed by atoms with Crippen molar-refractivity contribution in [3.8, 4) is 0 Å². The Bertz CT molecular complexity index is 413. The minimum Gasteiger partial charge on any atom is -0.391 e. The molecule has 1 atom stereocenters. The third-order valence-electron chi connectivity index (χ3n) is 4.40. The summed E-state index contributed by atoms with van der Waals surface area (Å²) < 4.78 is 0. The number of aryl methyl sites for hydroxylation is 1. The zero-order valence-corrected chi connectivity index (χ0v) is 12.2. The van der Waals surface area contributed by atoms with Gasteiger partial charge in [0.2, 0.25) is 0 Å². The van der Waals surface area contributed by atoms with E-state index < -0.39 is 11.7 Å². The summed E-state index contributed by atoms with van der Waals surface area (Å²) in [5.74, 6) is 0. The van der Waals surface area contributed by atoms with Crippen LogP contribution in [0, 0.1) is 0 Å². The van der Waals surface area contributed by atoms with Gasteiger partial charge in [0, 0.05) is 6.54 Å². The molecule has 0 unspecified atom stereocenters. The highest BCUT2D eigenvalue weighted by Gasteiger charge is 2.28. The van der Waals surface area contributed by atoms with Gasteiger partial charge in [0.15, 0.2) is 0 Å². The number of rotatable bonds is 6. The molecule has 0 radical (unpaired) electrons. The minimum absolute atomic E-state index is 0.296. The Morgan fingerprint density at radius 3 is 2.55 bits per heavy atom. The van der Waals surface area contributed by atoms with Crippen LogP contribution in [-0.4, -0.2) is 28.5 Å². The molecule has 1 aliphatic rings. The second-order valence-electron chi connectivity index (χ2n) is 6.20. The van der Waals surface area contributed by atoms with E-state index in [1.165, 1.54) is 12.0 Å². The number of aliphatic hydroxyl groups excluding tert-OH is 1. The highest BCUT2D eigenvalue weighted by molar-refractivity contribution is 5.24. The Balaban J connectivity index is 1.90. The highest BCUT2D eigenvalue weighted by Crippen LogP contribution is 2.31. The van der Waals surface area contributed by atoms with Crippen LogP contribution in [0.5, 0.6) is 0 Å². The molecular formula is C17H27NO2. The van der Waals surface area contributed by atoms with Crippen LogP contribution in [0.15, 0.2) is 24.3 Å². The van der Waals surface area contributed by atoms with Gasteiger partial charge in [-0.1, -0.05) is 43.5 Å². The van der Waals surface area contributed by atoms with Crippen LogP contribution >= 0.6 is 0 Å². The average Bonchev–Trinajstić information content (AvgIpc) is 2.46. The Morgan fingerprint density at radius 1 is 1.15 bits per heavy atom. The molecule has 1 aliphatic carbocycles. The van der Waals surface area contributed by atoms with Crippen molar-refractivity contribution in [2.45, 2.75) is 63.1 Å². The largest absolute Gasteiger partial charge is 0.391 e. The average molecular weight is 277 g/mol. The smallest absolute Gasteiger partial charge is 0.0702 e. The normalized spacial score (nSPS) is 19.8. The predicted octanol–water partition coefficient (Wildman–Crippen LogP) is 2.18. The molecule has 0 aromatic heterocycles. The summed E-state index contributed by atoms with van der Waals surface area (Å²) in [6, 6.07) is 8.28. The number of benzene rings is 1. The van der Waals surface area contributed by atoms with E-state index in [1.807, 2.05) is 12.1 Å². The molecule has 0 saturated heterocycles. The van der Waals surface area contributed by atoms with Gasteiger partial charge in [-0.25, -0.2) is 0 Å². The van der Waals surface area contributed by atoms with Gasteiger partial charge in [-0.05, 0) is 43.2 Å². The van der Waals surface area contributed by atoms with Crippen molar-refractivity contribution in [1.82, 2.24) is 0 Å². The van der Waals surface area contributed by atoms with Crippen molar-refractivity contribution in [3.05, 3.63) is 35.4 Å². The number of nitrogens with two attached hydrogens (primary N) is 1. The predicted molar refractivity (Wildman–Crippen MR) is 81.6 cm³/mol. The van der Waals surface area contributed by atoms with E-state index in [9.17, 15) is 10.2 Å². The lowest BCUT2D eigenvalue weighted by molar-refractivity contribution is -0.00342. The van der Waals surface area contributed by atoms with Crippen molar-refractivity contribution >= 4 is 0 Å². The molecule has 0 heterocycles. The Labute approximate surface area is 121 Å². The summed E-state index contributed by atoms with van der Waals surface area (Å²) in [5, 5.41) is 20.1. The SMILES string of the molecule is NC[C@H](O)Cc1cccc(CCC2(O)CCCCC2)c1. The van der Waals surface area contributed by atoms with Crippen LogP contribution < -0.4 is 5.73 Å². The van der Waals surface area contributed by atoms with Gasteiger partial charge >= 0.3 is 0 Å². The van der Waals surface area contributed by atoms with Crippen molar-refractivity contribution in [2.75, 3.05) is 6.54 Å². The fourth-order valence-corrected chi connectivity index (χ4v) is 3.10. The van der Waals surface area contributed by atoms with Crippen molar-refractivity contribution in [3.63, 3.8) is 0 Å². The van der Waals surface area contributed by atoms with Crippen molar-refractivity contribution in [1.29, 1.82) is 0 Å². The van der Waals surface area contributed by atoms with E-state index >= 15 is 0 Å². The minimum atomic E-state index is -0.465. The Kier molecular flexibility index (Phi) is 5.58. The second-order valence-corrected chi connectivity index (χ2v) is 6.20. The molecule has 20 heavy (non-hydrogen) atoms. The molecule has 4 N–H and O–H groups in total. The summed E-state index contributed by atoms with van der Waals surface area (Å²) in [6.45, 7) is 0.296. The standard InChI is InChI=1S/C17H27NO2/c18-13-16(19)12-15-6-4-5-14(11-15)7-10-17(20)8-2-1-3-9-17/h4-6,11,16,19-20H,1-3,7-10,12-13,18H2/t16-/m1/s1. The van der Waals surface area contributed by atoms with Crippen LogP contribution in [-0.2, 0) is 12.8 Å². The van der Waals surface area contributed by atoms with Crippen molar-refractivity contribution < 1.29 is 10.2 Å². The van der Waals surface area contributed by atoms with Crippen molar-refractivity contribution in [2.24, 2.45) is 5.73 Å². The summed E-state index contributed by atoms with van der Waals surface area (Å²) >= 11 is 0. The molecule has 2 rings (SSSR count). The van der Waals surface area contributed by atoms with Crippen LogP contribution in [0.1, 0.15) is 49.7 Å². The van der Waals surface area contributed by atoms with Crippen LogP contribution in [0.3, 0.4) is 0 Å². The fourth-order valence-electron chi connectivity index (χ4n) is 3.10. The lowest BCUT2D eigenvalue weighted by atomic mass is 9.81. The molecule has 0 aliphatic heterocycles. The lowest BCUT2D eigenvalue weighted by Gasteiger charge is -2.32.